The maximum Gasteiger partial charge on any atom is 0.273 e. The van der Waals surface area contributed by atoms with Crippen LogP contribution in [0, 0.1) is 11.8 Å². The van der Waals surface area contributed by atoms with Gasteiger partial charge >= 0.3 is 0 Å². The molecule has 7 heteroatoms. The van der Waals surface area contributed by atoms with Crippen LogP contribution < -0.4 is 0 Å². The predicted octanol–water partition coefficient (Wildman–Crippen LogP) is 5.01. The highest BCUT2D eigenvalue weighted by Crippen LogP contribution is 2.37. The lowest BCUT2D eigenvalue weighted by atomic mass is 9.82. The maximum atomic E-state index is 13.0. The number of fused-ring (bicyclic) bond motifs is 2. The lowest BCUT2D eigenvalue weighted by molar-refractivity contribution is -0.163. The molecule has 3 heterocycles. The number of rotatable bonds is 6. The van der Waals surface area contributed by atoms with Crippen molar-refractivity contribution in [1.29, 1.82) is 0 Å². The molecule has 1 saturated carbocycles. The minimum absolute atomic E-state index is 0.262. The molecule has 0 bridgehead atoms. The normalized spacial score (nSPS) is 24.4. The fourth-order valence-corrected chi connectivity index (χ4v) is 7.43. The van der Waals surface area contributed by atoms with Gasteiger partial charge in [-0.25, -0.2) is 5.01 Å². The summed E-state index contributed by atoms with van der Waals surface area (Å²) in [4.78, 5) is 41.5. The van der Waals surface area contributed by atoms with E-state index >= 15 is 0 Å². The average Bonchev–Trinajstić information content (AvgIpc) is 3.44. The number of hydrazine groups is 1. The quantitative estimate of drug-likeness (QED) is 0.410. The Morgan fingerprint density at radius 2 is 1.47 bits per heavy atom. The van der Waals surface area contributed by atoms with Gasteiger partial charge in [-0.05, 0) is 54.4 Å². The van der Waals surface area contributed by atoms with Crippen molar-refractivity contribution in [3.8, 4) is 0 Å². The molecule has 3 aliphatic heterocycles. The topological polar surface area (TPSA) is 60.9 Å². The molecule has 0 spiro atoms. The number of nitrogens with zero attached hydrogens (tertiary/aromatic N) is 3. The molecule has 0 N–H and O–H groups in total. The van der Waals surface area contributed by atoms with Crippen molar-refractivity contribution in [2.75, 3.05) is 13.1 Å². The van der Waals surface area contributed by atoms with Crippen LogP contribution in [0.5, 0.6) is 0 Å². The first kappa shape index (κ1) is 23.7. The van der Waals surface area contributed by atoms with Gasteiger partial charge in [0, 0.05) is 54.3 Å². The standard InChI is InChI=1S/C29H33N3O3S/c33-27-9-4-10-28(34)32(27)31-18-25-24(29(31)35)7-3-8-26(25)36-19-21-13-11-20(12-14-21)15-30-16-22-5-1-2-6-23(22)17-30/h3,7-8,11-14,22-23H,1-2,4-6,9-10,15-19H2/t22-,23+. The van der Waals surface area contributed by atoms with Crippen molar-refractivity contribution in [3.05, 3.63) is 64.7 Å². The molecule has 6 nitrogen and oxygen atoms in total. The second kappa shape index (κ2) is 10.0. The summed E-state index contributed by atoms with van der Waals surface area (Å²) in [5.41, 5.74) is 4.12. The van der Waals surface area contributed by atoms with Gasteiger partial charge in [0.15, 0.2) is 0 Å². The first-order valence-electron chi connectivity index (χ1n) is 13.3. The highest BCUT2D eigenvalue weighted by molar-refractivity contribution is 7.98. The van der Waals surface area contributed by atoms with Gasteiger partial charge in [-0.15, -0.1) is 11.8 Å². The lowest BCUT2D eigenvalue weighted by Gasteiger charge is -2.32. The second-order valence-corrected chi connectivity index (χ2v) is 11.7. The van der Waals surface area contributed by atoms with Gasteiger partial charge in [0.25, 0.3) is 5.91 Å². The van der Waals surface area contributed by atoms with Crippen LogP contribution in [-0.2, 0) is 28.4 Å². The van der Waals surface area contributed by atoms with Crippen LogP contribution >= 0.6 is 11.8 Å². The Hall–Kier alpha value is -2.64. The van der Waals surface area contributed by atoms with Crippen molar-refractivity contribution in [2.24, 2.45) is 11.8 Å². The zero-order valence-electron chi connectivity index (χ0n) is 20.7. The van der Waals surface area contributed by atoms with E-state index in [1.807, 2.05) is 12.1 Å². The molecule has 0 unspecified atom stereocenters. The van der Waals surface area contributed by atoms with E-state index in [9.17, 15) is 14.4 Å². The van der Waals surface area contributed by atoms with E-state index in [4.69, 9.17) is 0 Å². The number of likely N-dealkylation sites (tertiary alicyclic amines) is 1. The monoisotopic (exact) mass is 503 g/mol. The average molecular weight is 504 g/mol. The summed E-state index contributed by atoms with van der Waals surface area (Å²) in [6, 6.07) is 14.7. The number of imide groups is 1. The Morgan fingerprint density at radius 1 is 0.806 bits per heavy atom. The zero-order valence-corrected chi connectivity index (χ0v) is 21.5. The summed E-state index contributed by atoms with van der Waals surface area (Å²) in [6.45, 7) is 3.82. The summed E-state index contributed by atoms with van der Waals surface area (Å²) >= 11 is 1.71. The van der Waals surface area contributed by atoms with E-state index in [1.165, 1.54) is 54.9 Å². The van der Waals surface area contributed by atoms with Crippen molar-refractivity contribution in [3.63, 3.8) is 0 Å². The van der Waals surface area contributed by atoms with Crippen LogP contribution in [0.4, 0.5) is 0 Å². The third-order valence-electron chi connectivity index (χ3n) is 8.28. The van der Waals surface area contributed by atoms with Gasteiger partial charge < -0.3 is 0 Å². The van der Waals surface area contributed by atoms with Crippen LogP contribution in [0.2, 0.25) is 0 Å². The molecule has 2 atom stereocenters. The van der Waals surface area contributed by atoms with Gasteiger partial charge in [-0.3, -0.25) is 19.3 Å². The summed E-state index contributed by atoms with van der Waals surface area (Å²) in [6.07, 6.45) is 6.81. The number of carbonyl (C=O) groups excluding carboxylic acids is 3. The molecule has 2 saturated heterocycles. The van der Waals surface area contributed by atoms with Gasteiger partial charge in [0.1, 0.15) is 0 Å². The summed E-state index contributed by atoms with van der Waals surface area (Å²) in [5.74, 6) is 1.80. The molecule has 188 valence electrons. The lowest BCUT2D eigenvalue weighted by Crippen LogP contribution is -2.52. The van der Waals surface area contributed by atoms with Gasteiger partial charge in [-0.1, -0.05) is 43.2 Å². The summed E-state index contributed by atoms with van der Waals surface area (Å²) in [7, 11) is 0. The number of amides is 3. The maximum absolute atomic E-state index is 13.0. The molecule has 0 radical (unpaired) electrons. The van der Waals surface area contributed by atoms with Crippen LogP contribution in [0.15, 0.2) is 47.4 Å². The Morgan fingerprint density at radius 3 is 2.17 bits per heavy atom. The van der Waals surface area contributed by atoms with Crippen molar-refractivity contribution < 1.29 is 14.4 Å². The fraction of sp³-hybridized carbons (Fsp3) is 0.483. The van der Waals surface area contributed by atoms with Crippen LogP contribution in [-0.4, -0.2) is 45.7 Å². The minimum atomic E-state index is -0.283. The number of piperidine rings is 1. The number of carbonyl (C=O) groups is 3. The Labute approximate surface area is 217 Å². The van der Waals surface area contributed by atoms with Crippen LogP contribution in [0.1, 0.15) is 72.0 Å². The highest BCUT2D eigenvalue weighted by Gasteiger charge is 2.40. The first-order valence-corrected chi connectivity index (χ1v) is 14.3. The van der Waals surface area contributed by atoms with Gasteiger partial charge in [-0.2, -0.15) is 5.01 Å². The van der Waals surface area contributed by atoms with Gasteiger partial charge in [0.2, 0.25) is 11.8 Å². The number of thioether (sulfide) groups is 1. The zero-order chi connectivity index (χ0) is 24.6. The summed E-state index contributed by atoms with van der Waals surface area (Å²) in [5, 5.41) is 2.41. The Balaban J connectivity index is 1.09. The largest absolute Gasteiger partial charge is 0.299 e. The molecule has 6 rings (SSSR count). The number of benzene rings is 2. The molecule has 3 fully saturated rings. The first-order chi connectivity index (χ1) is 17.6. The third-order valence-corrected chi connectivity index (χ3v) is 9.45. The van der Waals surface area contributed by atoms with Gasteiger partial charge in [0.05, 0.1) is 6.54 Å². The highest BCUT2D eigenvalue weighted by atomic mass is 32.2. The summed E-state index contributed by atoms with van der Waals surface area (Å²) < 4.78 is 0. The smallest absolute Gasteiger partial charge is 0.273 e. The number of hydrogen-bond acceptors (Lipinski definition) is 5. The van der Waals surface area contributed by atoms with Crippen molar-refractivity contribution >= 4 is 29.5 Å². The Bertz CT molecular complexity index is 1150. The molecule has 3 amide bonds. The molecular weight excluding hydrogens is 470 g/mol. The van der Waals surface area contributed by atoms with E-state index in [-0.39, 0.29) is 24.3 Å². The molecular formula is C29H33N3O3S. The molecule has 36 heavy (non-hydrogen) atoms. The molecule has 2 aromatic carbocycles. The third kappa shape index (κ3) is 4.59. The van der Waals surface area contributed by atoms with E-state index in [0.29, 0.717) is 24.8 Å². The SMILES string of the molecule is O=C1c2cccc(SCc3ccc(CN4C[C@H]5CCCC[C@H]5C4)cc3)c2CN1N1C(=O)CCCC1=O. The molecule has 0 aromatic heterocycles. The van der Waals surface area contributed by atoms with E-state index in [2.05, 4.69) is 29.2 Å². The van der Waals surface area contributed by atoms with E-state index < -0.39 is 0 Å². The minimum Gasteiger partial charge on any atom is -0.299 e. The van der Waals surface area contributed by atoms with Crippen molar-refractivity contribution in [1.82, 2.24) is 14.9 Å². The molecule has 1 aliphatic carbocycles. The predicted molar refractivity (Wildman–Crippen MR) is 139 cm³/mol. The van der Waals surface area contributed by atoms with Crippen LogP contribution in [0.3, 0.4) is 0 Å². The molecule has 2 aromatic rings. The van der Waals surface area contributed by atoms with E-state index in [1.54, 1.807) is 17.8 Å². The van der Waals surface area contributed by atoms with Crippen LogP contribution in [0.25, 0.3) is 0 Å². The Kier molecular flexibility index (Phi) is 6.61. The second-order valence-electron chi connectivity index (χ2n) is 10.7. The fourth-order valence-electron chi connectivity index (χ4n) is 6.39. The van der Waals surface area contributed by atoms with E-state index in [0.717, 1.165) is 39.6 Å². The molecule has 4 aliphatic rings. The van der Waals surface area contributed by atoms with Crippen molar-refractivity contribution in [2.45, 2.75) is 68.7 Å². The number of hydrogen-bond donors (Lipinski definition) is 0.